The van der Waals surface area contributed by atoms with Crippen molar-refractivity contribution in [2.24, 2.45) is 0 Å². The molecule has 0 unspecified atom stereocenters. The van der Waals surface area contributed by atoms with Crippen LogP contribution in [-0.2, 0) is 10.0 Å². The molecule has 4 nitrogen and oxygen atoms in total. The number of hydrogen-bond donors (Lipinski definition) is 2. The molecule has 0 saturated carbocycles. The first-order chi connectivity index (χ1) is 9.29. The van der Waals surface area contributed by atoms with Crippen LogP contribution in [0.3, 0.4) is 0 Å². The molecule has 0 aliphatic heterocycles. The highest BCUT2D eigenvalue weighted by Crippen LogP contribution is 2.32. The number of nitrogen functional groups attached to an aromatic ring is 1. The molecule has 2 aromatic rings. The van der Waals surface area contributed by atoms with Gasteiger partial charge in [-0.05, 0) is 68.9 Å². The Balaban J connectivity index is 2.46. The summed E-state index contributed by atoms with van der Waals surface area (Å²) in [5, 5.41) is 0. The van der Waals surface area contributed by atoms with E-state index in [-0.39, 0.29) is 10.6 Å². The molecule has 2 aromatic carbocycles. The third-order valence-corrected chi connectivity index (χ3v) is 5.90. The predicted molar refractivity (Wildman–Crippen MR) is 96.2 cm³/mol. The zero-order valence-corrected chi connectivity index (χ0v) is 16.0. The van der Waals surface area contributed by atoms with E-state index in [4.69, 9.17) is 5.73 Å². The molecule has 8 heteroatoms. The SMILES string of the molecule is Nc1cc(Br)cc(Br)c1S(=O)(=O)Nc1cccc(I)c1. The van der Waals surface area contributed by atoms with E-state index >= 15 is 0 Å². The van der Waals surface area contributed by atoms with Crippen LogP contribution in [0, 0.1) is 3.57 Å². The summed E-state index contributed by atoms with van der Waals surface area (Å²) in [5.74, 6) is 0. The van der Waals surface area contributed by atoms with Crippen molar-refractivity contribution in [3.63, 3.8) is 0 Å². The van der Waals surface area contributed by atoms with Crippen molar-refractivity contribution in [1.82, 2.24) is 0 Å². The number of nitrogens with two attached hydrogens (primary N) is 1. The van der Waals surface area contributed by atoms with Crippen molar-refractivity contribution >= 4 is 75.8 Å². The van der Waals surface area contributed by atoms with Gasteiger partial charge in [0, 0.05) is 18.2 Å². The Labute approximate surface area is 147 Å². The Kier molecular flexibility index (Phi) is 4.98. The van der Waals surface area contributed by atoms with E-state index in [0.717, 1.165) is 3.57 Å². The number of halogens is 3. The van der Waals surface area contributed by atoms with E-state index in [0.29, 0.717) is 14.6 Å². The van der Waals surface area contributed by atoms with Crippen LogP contribution in [0.15, 0.2) is 50.2 Å². The standard InChI is InChI=1S/C12H9Br2IN2O2S/c13-7-4-10(14)12(11(16)5-7)20(18,19)17-9-3-1-2-8(15)6-9/h1-6,17H,16H2. The van der Waals surface area contributed by atoms with Gasteiger partial charge in [-0.15, -0.1) is 0 Å². The fourth-order valence-corrected chi connectivity index (χ4v) is 5.29. The maximum Gasteiger partial charge on any atom is 0.265 e. The lowest BCUT2D eigenvalue weighted by molar-refractivity contribution is 0.601. The van der Waals surface area contributed by atoms with Gasteiger partial charge in [-0.25, -0.2) is 8.42 Å². The third kappa shape index (κ3) is 3.66. The van der Waals surface area contributed by atoms with Gasteiger partial charge in [0.2, 0.25) is 0 Å². The summed E-state index contributed by atoms with van der Waals surface area (Å²) in [6.07, 6.45) is 0. The molecule has 2 rings (SSSR count). The highest BCUT2D eigenvalue weighted by molar-refractivity contribution is 14.1. The largest absolute Gasteiger partial charge is 0.398 e. The van der Waals surface area contributed by atoms with Gasteiger partial charge in [0.1, 0.15) is 4.90 Å². The van der Waals surface area contributed by atoms with Gasteiger partial charge in [0.05, 0.1) is 5.69 Å². The molecule has 3 N–H and O–H groups in total. The topological polar surface area (TPSA) is 72.2 Å². The second-order valence-electron chi connectivity index (χ2n) is 3.92. The lowest BCUT2D eigenvalue weighted by atomic mass is 10.3. The molecule has 0 bridgehead atoms. The summed E-state index contributed by atoms with van der Waals surface area (Å²) < 4.78 is 29.4. The van der Waals surface area contributed by atoms with Crippen molar-refractivity contribution in [3.05, 3.63) is 48.9 Å². The third-order valence-electron chi connectivity index (χ3n) is 2.38. The van der Waals surface area contributed by atoms with Gasteiger partial charge in [-0.2, -0.15) is 0 Å². The molecule has 0 spiro atoms. The van der Waals surface area contributed by atoms with Gasteiger partial charge in [0.25, 0.3) is 10.0 Å². The van der Waals surface area contributed by atoms with E-state index in [1.54, 1.807) is 30.3 Å². The zero-order valence-electron chi connectivity index (χ0n) is 9.90. The molecular weight excluding hydrogens is 523 g/mol. The van der Waals surface area contributed by atoms with Gasteiger partial charge in [-0.3, -0.25) is 4.72 Å². The molecule has 0 aliphatic rings. The molecule has 0 saturated heterocycles. The molecule has 0 fully saturated rings. The smallest absolute Gasteiger partial charge is 0.265 e. The minimum absolute atomic E-state index is 0.0274. The average molecular weight is 532 g/mol. The van der Waals surface area contributed by atoms with Crippen LogP contribution in [-0.4, -0.2) is 8.42 Å². The minimum Gasteiger partial charge on any atom is -0.398 e. The minimum atomic E-state index is -3.75. The first-order valence-corrected chi connectivity index (χ1v) is 9.47. The summed E-state index contributed by atoms with van der Waals surface area (Å²) in [6.45, 7) is 0. The molecule has 0 atom stereocenters. The fraction of sp³-hybridized carbons (Fsp3) is 0. The van der Waals surface area contributed by atoms with Crippen LogP contribution in [0.25, 0.3) is 0 Å². The van der Waals surface area contributed by atoms with E-state index in [1.165, 1.54) is 0 Å². The van der Waals surface area contributed by atoms with Crippen molar-refractivity contribution in [2.75, 3.05) is 10.5 Å². The molecule has 0 aliphatic carbocycles. The average Bonchev–Trinajstić information content (AvgIpc) is 2.25. The van der Waals surface area contributed by atoms with Crippen LogP contribution < -0.4 is 10.5 Å². The normalized spacial score (nSPS) is 11.3. The summed E-state index contributed by atoms with van der Waals surface area (Å²) in [5.41, 5.74) is 6.47. The second kappa shape index (κ2) is 6.20. The summed E-state index contributed by atoms with van der Waals surface area (Å²) >= 11 is 8.61. The summed E-state index contributed by atoms with van der Waals surface area (Å²) in [6, 6.07) is 10.3. The van der Waals surface area contributed by atoms with Crippen molar-refractivity contribution in [2.45, 2.75) is 4.90 Å². The van der Waals surface area contributed by atoms with Crippen molar-refractivity contribution in [3.8, 4) is 0 Å². The Morgan fingerprint density at radius 2 is 1.85 bits per heavy atom. The zero-order chi connectivity index (χ0) is 14.9. The first kappa shape index (κ1) is 16.1. The van der Waals surface area contributed by atoms with Crippen molar-refractivity contribution < 1.29 is 8.42 Å². The monoisotopic (exact) mass is 530 g/mol. The van der Waals surface area contributed by atoms with Crippen LogP contribution in [0.1, 0.15) is 0 Å². The Morgan fingerprint density at radius 3 is 2.45 bits per heavy atom. The molecule has 0 aromatic heterocycles. The van der Waals surface area contributed by atoms with Crippen LogP contribution in [0.2, 0.25) is 0 Å². The molecule has 0 radical (unpaired) electrons. The van der Waals surface area contributed by atoms with Crippen molar-refractivity contribution in [1.29, 1.82) is 0 Å². The predicted octanol–water partition coefficient (Wildman–Crippen LogP) is 4.20. The Morgan fingerprint density at radius 1 is 1.15 bits per heavy atom. The van der Waals surface area contributed by atoms with Crippen LogP contribution in [0.4, 0.5) is 11.4 Å². The second-order valence-corrected chi connectivity index (χ2v) is 8.56. The van der Waals surface area contributed by atoms with Gasteiger partial charge in [0.15, 0.2) is 0 Å². The van der Waals surface area contributed by atoms with Crippen LogP contribution >= 0.6 is 54.5 Å². The molecule has 0 heterocycles. The maximum atomic E-state index is 12.4. The number of anilines is 2. The first-order valence-electron chi connectivity index (χ1n) is 5.32. The Bertz CT molecular complexity index is 743. The quantitative estimate of drug-likeness (QED) is 0.461. The summed E-state index contributed by atoms with van der Waals surface area (Å²) in [7, 11) is -3.75. The van der Waals surface area contributed by atoms with Gasteiger partial charge in [-0.1, -0.05) is 22.0 Å². The Hall–Kier alpha value is -0.320. The number of nitrogens with one attached hydrogen (secondary N) is 1. The van der Waals surface area contributed by atoms with Crippen LogP contribution in [0.5, 0.6) is 0 Å². The molecule has 0 amide bonds. The van der Waals surface area contributed by atoms with Gasteiger partial charge >= 0.3 is 0 Å². The highest BCUT2D eigenvalue weighted by atomic mass is 127. The van der Waals surface area contributed by atoms with E-state index in [9.17, 15) is 8.42 Å². The van der Waals surface area contributed by atoms with E-state index < -0.39 is 10.0 Å². The number of hydrogen-bond acceptors (Lipinski definition) is 3. The lowest BCUT2D eigenvalue weighted by Gasteiger charge is -2.12. The molecule has 106 valence electrons. The van der Waals surface area contributed by atoms with E-state index in [1.807, 2.05) is 6.07 Å². The number of rotatable bonds is 3. The number of benzene rings is 2. The fourth-order valence-electron chi connectivity index (χ4n) is 1.62. The number of sulfonamides is 1. The lowest BCUT2D eigenvalue weighted by Crippen LogP contribution is -2.15. The highest BCUT2D eigenvalue weighted by Gasteiger charge is 2.21. The molecular formula is C12H9Br2IN2O2S. The van der Waals surface area contributed by atoms with Gasteiger partial charge < -0.3 is 5.73 Å². The summed E-state index contributed by atoms with van der Waals surface area (Å²) in [4.78, 5) is 0.0274. The maximum absolute atomic E-state index is 12.4. The van der Waals surface area contributed by atoms with E-state index in [2.05, 4.69) is 59.2 Å². The molecule has 20 heavy (non-hydrogen) atoms.